The van der Waals surface area contributed by atoms with E-state index in [1.807, 2.05) is 0 Å². The number of nitrogens with zero attached hydrogens (tertiary/aromatic N) is 2. The third-order valence-corrected chi connectivity index (χ3v) is 6.96. The van der Waals surface area contributed by atoms with Crippen molar-refractivity contribution < 1.29 is 22.7 Å². The summed E-state index contributed by atoms with van der Waals surface area (Å²) >= 11 is 0. The van der Waals surface area contributed by atoms with Gasteiger partial charge < -0.3 is 4.74 Å². The van der Waals surface area contributed by atoms with E-state index in [4.69, 9.17) is 4.74 Å². The van der Waals surface area contributed by atoms with Crippen molar-refractivity contribution in [1.29, 1.82) is 0 Å². The van der Waals surface area contributed by atoms with Gasteiger partial charge in [0.05, 0.1) is 24.1 Å². The summed E-state index contributed by atoms with van der Waals surface area (Å²) in [6.45, 7) is 0. The third kappa shape index (κ3) is 3.18. The van der Waals surface area contributed by atoms with Crippen LogP contribution in [0.15, 0.2) is 59.5 Å². The fourth-order valence-electron chi connectivity index (χ4n) is 3.48. The lowest BCUT2D eigenvalue weighted by molar-refractivity contribution is -0.122. The van der Waals surface area contributed by atoms with Crippen LogP contribution < -0.4 is 9.64 Å². The molecule has 1 atom stereocenters. The number of carbonyl (C=O) groups excluding carboxylic acids is 2. The summed E-state index contributed by atoms with van der Waals surface area (Å²) in [6.07, 6.45) is 1.21. The zero-order valence-corrected chi connectivity index (χ0v) is 16.1. The van der Waals surface area contributed by atoms with Crippen molar-refractivity contribution in [3.8, 4) is 5.75 Å². The molecule has 1 saturated heterocycles. The van der Waals surface area contributed by atoms with Gasteiger partial charge in [0.1, 0.15) is 11.8 Å². The largest absolute Gasteiger partial charge is 0.497 e. The number of para-hydroxylation sites is 1. The second kappa shape index (κ2) is 7.03. The lowest BCUT2D eigenvalue weighted by Crippen LogP contribution is -2.46. The predicted molar refractivity (Wildman–Crippen MR) is 102 cm³/mol. The Balaban J connectivity index is 1.68. The van der Waals surface area contributed by atoms with Gasteiger partial charge in [-0.05, 0) is 49.2 Å². The van der Waals surface area contributed by atoms with Crippen LogP contribution in [0.1, 0.15) is 19.3 Å². The maximum absolute atomic E-state index is 13.3. The van der Waals surface area contributed by atoms with E-state index in [0.717, 1.165) is 4.90 Å². The van der Waals surface area contributed by atoms with Crippen molar-refractivity contribution in [2.75, 3.05) is 12.0 Å². The van der Waals surface area contributed by atoms with E-state index in [-0.39, 0.29) is 17.4 Å². The normalized spacial score (nSPS) is 20.1. The van der Waals surface area contributed by atoms with Gasteiger partial charge in [-0.2, -0.15) is 4.31 Å². The molecule has 0 spiro atoms. The van der Waals surface area contributed by atoms with Gasteiger partial charge in [0, 0.05) is 6.04 Å². The molecule has 2 amide bonds. The average molecular weight is 400 g/mol. The van der Waals surface area contributed by atoms with Crippen LogP contribution in [0.5, 0.6) is 5.75 Å². The first kappa shape index (κ1) is 18.6. The Hall–Kier alpha value is -2.71. The van der Waals surface area contributed by atoms with Gasteiger partial charge in [-0.1, -0.05) is 18.2 Å². The SMILES string of the molecule is COc1ccc(S(=O)(=O)N(C2CC2)C2CC(=O)N(c3ccccc3)C2=O)cc1. The summed E-state index contributed by atoms with van der Waals surface area (Å²) in [4.78, 5) is 26.8. The molecule has 2 aromatic rings. The van der Waals surface area contributed by atoms with Crippen LogP contribution in [0, 0.1) is 0 Å². The number of benzene rings is 2. The molecular formula is C20H20N2O5S. The van der Waals surface area contributed by atoms with E-state index in [1.165, 1.54) is 23.5 Å². The highest BCUT2D eigenvalue weighted by Gasteiger charge is 2.51. The van der Waals surface area contributed by atoms with Crippen molar-refractivity contribution >= 4 is 27.5 Å². The second-order valence-electron chi connectivity index (χ2n) is 6.86. The number of hydrogen-bond acceptors (Lipinski definition) is 5. The highest BCUT2D eigenvalue weighted by atomic mass is 32.2. The number of carbonyl (C=O) groups is 2. The minimum absolute atomic E-state index is 0.0820. The van der Waals surface area contributed by atoms with Gasteiger partial charge in [-0.25, -0.2) is 13.3 Å². The number of methoxy groups -OCH3 is 1. The summed E-state index contributed by atoms with van der Waals surface area (Å²) in [5.74, 6) is -0.351. The van der Waals surface area contributed by atoms with Crippen LogP contribution in [-0.2, 0) is 19.6 Å². The maximum atomic E-state index is 13.3. The molecule has 1 unspecified atom stereocenters. The molecule has 1 aliphatic heterocycles. The first-order valence-corrected chi connectivity index (χ1v) is 10.5. The van der Waals surface area contributed by atoms with E-state index in [0.29, 0.717) is 24.3 Å². The van der Waals surface area contributed by atoms with Gasteiger partial charge in [-0.3, -0.25) is 9.59 Å². The number of sulfonamides is 1. The number of rotatable bonds is 6. The molecule has 2 fully saturated rings. The summed E-state index contributed by atoms with van der Waals surface area (Å²) < 4.78 is 32.9. The molecule has 4 rings (SSSR count). The van der Waals surface area contributed by atoms with Crippen LogP contribution in [0.4, 0.5) is 5.69 Å². The molecule has 7 nitrogen and oxygen atoms in total. The van der Waals surface area contributed by atoms with E-state index in [2.05, 4.69) is 0 Å². The molecule has 1 saturated carbocycles. The predicted octanol–water partition coefficient (Wildman–Crippen LogP) is 2.18. The second-order valence-corrected chi connectivity index (χ2v) is 8.71. The third-order valence-electron chi connectivity index (χ3n) is 4.99. The van der Waals surface area contributed by atoms with E-state index in [1.54, 1.807) is 42.5 Å². The summed E-state index contributed by atoms with van der Waals surface area (Å²) in [7, 11) is -2.43. The molecule has 0 N–H and O–H groups in total. The zero-order valence-electron chi connectivity index (χ0n) is 15.3. The van der Waals surface area contributed by atoms with Crippen LogP contribution >= 0.6 is 0 Å². The van der Waals surface area contributed by atoms with E-state index in [9.17, 15) is 18.0 Å². The van der Waals surface area contributed by atoms with Gasteiger partial charge in [0.2, 0.25) is 15.9 Å². The minimum Gasteiger partial charge on any atom is -0.497 e. The molecule has 2 aliphatic rings. The van der Waals surface area contributed by atoms with Crippen LogP contribution in [0.3, 0.4) is 0 Å². The topological polar surface area (TPSA) is 84.0 Å². The van der Waals surface area contributed by atoms with Crippen LogP contribution in [-0.4, -0.2) is 43.7 Å². The quantitative estimate of drug-likeness (QED) is 0.694. The molecule has 28 heavy (non-hydrogen) atoms. The highest BCUT2D eigenvalue weighted by Crippen LogP contribution is 2.38. The lowest BCUT2D eigenvalue weighted by Gasteiger charge is -2.26. The Bertz CT molecular complexity index is 1000. The minimum atomic E-state index is -3.93. The summed E-state index contributed by atoms with van der Waals surface area (Å²) in [6, 6.07) is 13.3. The lowest BCUT2D eigenvalue weighted by atomic mass is 10.2. The molecule has 8 heteroatoms. The molecule has 0 bridgehead atoms. The molecule has 1 aliphatic carbocycles. The molecule has 0 aromatic heterocycles. The fourth-order valence-corrected chi connectivity index (χ4v) is 5.31. The first-order chi connectivity index (χ1) is 13.4. The number of hydrogen-bond donors (Lipinski definition) is 0. The summed E-state index contributed by atoms with van der Waals surface area (Å²) in [5, 5.41) is 0. The van der Waals surface area contributed by atoms with Gasteiger partial charge in [-0.15, -0.1) is 0 Å². The molecule has 2 aromatic carbocycles. The highest BCUT2D eigenvalue weighted by molar-refractivity contribution is 7.89. The summed E-state index contributed by atoms with van der Waals surface area (Å²) in [5.41, 5.74) is 0.456. The van der Waals surface area contributed by atoms with Gasteiger partial charge >= 0.3 is 0 Å². The van der Waals surface area contributed by atoms with Crippen LogP contribution in [0.2, 0.25) is 0 Å². The zero-order chi connectivity index (χ0) is 19.9. The average Bonchev–Trinajstić information content (AvgIpc) is 3.48. The Morgan fingerprint density at radius 3 is 2.21 bits per heavy atom. The van der Waals surface area contributed by atoms with Crippen molar-refractivity contribution in [2.45, 2.75) is 36.2 Å². The van der Waals surface area contributed by atoms with E-state index >= 15 is 0 Å². The van der Waals surface area contributed by atoms with Crippen molar-refractivity contribution in [3.63, 3.8) is 0 Å². The van der Waals surface area contributed by atoms with Crippen molar-refractivity contribution in [3.05, 3.63) is 54.6 Å². The first-order valence-electron chi connectivity index (χ1n) is 9.03. The Labute approximate surface area is 163 Å². The smallest absolute Gasteiger partial charge is 0.252 e. The number of anilines is 1. The Kier molecular flexibility index (Phi) is 4.68. The standard InChI is InChI=1S/C20H20N2O5S/c1-27-16-9-11-17(12-10-16)28(25,26)22(15-7-8-15)18-13-19(23)21(20(18)24)14-5-3-2-4-6-14/h2-6,9-12,15,18H,7-8,13H2,1H3. The maximum Gasteiger partial charge on any atom is 0.252 e. The monoisotopic (exact) mass is 400 g/mol. The van der Waals surface area contributed by atoms with Gasteiger partial charge in [0.25, 0.3) is 5.91 Å². The van der Waals surface area contributed by atoms with Crippen molar-refractivity contribution in [2.24, 2.45) is 0 Å². The Morgan fingerprint density at radius 1 is 1.00 bits per heavy atom. The number of amides is 2. The fraction of sp³-hybridized carbons (Fsp3) is 0.300. The van der Waals surface area contributed by atoms with Crippen molar-refractivity contribution in [1.82, 2.24) is 4.31 Å². The molecule has 1 heterocycles. The molecule has 0 radical (unpaired) electrons. The molecule has 146 valence electrons. The number of ether oxygens (including phenoxy) is 1. The Morgan fingerprint density at radius 2 is 1.64 bits per heavy atom. The van der Waals surface area contributed by atoms with E-state index < -0.39 is 27.9 Å². The molecular weight excluding hydrogens is 380 g/mol. The van der Waals surface area contributed by atoms with Crippen LogP contribution in [0.25, 0.3) is 0 Å². The van der Waals surface area contributed by atoms with Gasteiger partial charge in [0.15, 0.2) is 0 Å². The number of imide groups is 1.